The summed E-state index contributed by atoms with van der Waals surface area (Å²) in [6, 6.07) is 4.31. The molecule has 0 unspecified atom stereocenters. The van der Waals surface area contributed by atoms with E-state index in [1.807, 2.05) is 0 Å². The Bertz CT molecular complexity index is 976. The molecule has 0 amide bonds. The van der Waals surface area contributed by atoms with Crippen LogP contribution >= 0.6 is 23.2 Å². The Morgan fingerprint density at radius 2 is 1.82 bits per heavy atom. The summed E-state index contributed by atoms with van der Waals surface area (Å²) in [7, 11) is -3.72. The molecule has 1 aliphatic heterocycles. The average Bonchev–Trinajstić information content (AvgIpc) is 2.70. The lowest BCUT2D eigenvalue weighted by Crippen LogP contribution is -2.45. The molecule has 1 fully saturated rings. The molecular weight excluding hydrogens is 419 g/mol. The van der Waals surface area contributed by atoms with Crippen LogP contribution in [0.15, 0.2) is 29.4 Å². The molecule has 1 N–H and O–H groups in total. The fourth-order valence-electron chi connectivity index (χ4n) is 3.95. The molecule has 0 bridgehead atoms. The Hall–Kier alpha value is -1.41. The summed E-state index contributed by atoms with van der Waals surface area (Å²) in [5.41, 5.74) is 2.42. The van der Waals surface area contributed by atoms with Crippen molar-refractivity contribution in [3.05, 3.63) is 45.8 Å². The van der Waals surface area contributed by atoms with Crippen molar-refractivity contribution in [1.29, 1.82) is 0 Å². The largest absolute Gasteiger partial charge is 0.356 e. The first-order valence-corrected chi connectivity index (χ1v) is 11.7. The van der Waals surface area contributed by atoms with Crippen molar-refractivity contribution in [3.63, 3.8) is 0 Å². The van der Waals surface area contributed by atoms with Gasteiger partial charge >= 0.3 is 0 Å². The van der Waals surface area contributed by atoms with Gasteiger partial charge < -0.3 is 4.90 Å². The van der Waals surface area contributed by atoms with Gasteiger partial charge in [0.05, 0.1) is 5.02 Å². The molecule has 1 aliphatic carbocycles. The van der Waals surface area contributed by atoms with Gasteiger partial charge in [-0.2, -0.15) is 0 Å². The van der Waals surface area contributed by atoms with Gasteiger partial charge in [-0.1, -0.05) is 23.2 Å². The Morgan fingerprint density at radius 1 is 1.07 bits per heavy atom. The zero-order valence-electron chi connectivity index (χ0n) is 15.4. The summed E-state index contributed by atoms with van der Waals surface area (Å²) in [5.74, 6) is 1.02. The number of nitrogens with zero attached hydrogens (tertiary/aromatic N) is 3. The third kappa shape index (κ3) is 4.13. The first-order chi connectivity index (χ1) is 13.4. The van der Waals surface area contributed by atoms with Gasteiger partial charge in [-0.05, 0) is 56.7 Å². The van der Waals surface area contributed by atoms with Gasteiger partial charge in [0, 0.05) is 35.4 Å². The topological polar surface area (TPSA) is 75.2 Å². The third-order valence-corrected chi connectivity index (χ3v) is 7.64. The quantitative estimate of drug-likeness (QED) is 0.785. The zero-order valence-corrected chi connectivity index (χ0v) is 17.7. The van der Waals surface area contributed by atoms with Crippen LogP contribution in [0.3, 0.4) is 0 Å². The van der Waals surface area contributed by atoms with Crippen LogP contribution in [0.25, 0.3) is 0 Å². The summed E-state index contributed by atoms with van der Waals surface area (Å²) < 4.78 is 28.2. The van der Waals surface area contributed by atoms with Crippen LogP contribution in [0, 0.1) is 0 Å². The van der Waals surface area contributed by atoms with Gasteiger partial charge in [-0.25, -0.2) is 23.1 Å². The maximum absolute atomic E-state index is 12.7. The van der Waals surface area contributed by atoms with E-state index in [-0.39, 0.29) is 16.0 Å². The van der Waals surface area contributed by atoms with E-state index in [1.165, 1.54) is 30.5 Å². The molecule has 2 aromatic rings. The number of halogens is 2. The highest BCUT2D eigenvalue weighted by Gasteiger charge is 2.28. The summed E-state index contributed by atoms with van der Waals surface area (Å²) in [6.45, 7) is 1.50. The predicted molar refractivity (Wildman–Crippen MR) is 111 cm³/mol. The molecule has 6 nitrogen and oxygen atoms in total. The minimum absolute atomic E-state index is 0.0222. The van der Waals surface area contributed by atoms with Crippen molar-refractivity contribution in [3.8, 4) is 0 Å². The van der Waals surface area contributed by atoms with Crippen LogP contribution in [0.4, 0.5) is 5.82 Å². The van der Waals surface area contributed by atoms with Crippen molar-refractivity contribution in [2.75, 3.05) is 18.0 Å². The molecule has 0 spiro atoms. The number of aromatic nitrogens is 2. The van der Waals surface area contributed by atoms with Crippen LogP contribution in [-0.4, -0.2) is 37.5 Å². The molecule has 9 heteroatoms. The van der Waals surface area contributed by atoms with E-state index in [0.29, 0.717) is 17.9 Å². The van der Waals surface area contributed by atoms with Crippen LogP contribution in [0.5, 0.6) is 0 Å². The third-order valence-electron chi connectivity index (χ3n) is 5.40. The lowest BCUT2D eigenvalue weighted by molar-refractivity contribution is 0.457. The van der Waals surface area contributed by atoms with Crippen molar-refractivity contribution in [2.45, 2.75) is 49.5 Å². The maximum Gasteiger partial charge on any atom is 0.242 e. The Morgan fingerprint density at radius 3 is 2.61 bits per heavy atom. The van der Waals surface area contributed by atoms with E-state index in [9.17, 15) is 8.42 Å². The van der Waals surface area contributed by atoms with E-state index in [0.717, 1.165) is 37.4 Å². The normalized spacial score (nSPS) is 18.1. The second-order valence-electron chi connectivity index (χ2n) is 7.29. The summed E-state index contributed by atoms with van der Waals surface area (Å²) in [5, 5.41) is 0.509. The average molecular weight is 441 g/mol. The van der Waals surface area contributed by atoms with Gasteiger partial charge in [0.25, 0.3) is 0 Å². The first kappa shape index (κ1) is 19.9. The molecule has 0 saturated carbocycles. The van der Waals surface area contributed by atoms with Gasteiger partial charge in [0.1, 0.15) is 17.0 Å². The number of hydrogen-bond donors (Lipinski definition) is 1. The highest BCUT2D eigenvalue weighted by atomic mass is 35.5. The lowest BCUT2D eigenvalue weighted by atomic mass is 9.95. The number of nitrogens with one attached hydrogen (secondary N) is 1. The van der Waals surface area contributed by atoms with E-state index in [4.69, 9.17) is 23.2 Å². The van der Waals surface area contributed by atoms with Crippen molar-refractivity contribution in [1.82, 2.24) is 14.7 Å². The number of piperidine rings is 1. The van der Waals surface area contributed by atoms with E-state index < -0.39 is 10.0 Å². The predicted octanol–water partition coefficient (Wildman–Crippen LogP) is 3.61. The van der Waals surface area contributed by atoms with Crippen molar-refractivity contribution < 1.29 is 8.42 Å². The zero-order chi connectivity index (χ0) is 19.7. The number of fused-ring (bicyclic) bond motifs is 1. The van der Waals surface area contributed by atoms with Crippen LogP contribution in [0.1, 0.15) is 36.9 Å². The molecular formula is C19H22Cl2N4O2S. The van der Waals surface area contributed by atoms with E-state index in [1.54, 1.807) is 12.4 Å². The van der Waals surface area contributed by atoms with E-state index in [2.05, 4.69) is 19.6 Å². The maximum atomic E-state index is 12.7. The summed E-state index contributed by atoms with van der Waals surface area (Å²) in [6.07, 6.45) is 7.44. The highest BCUT2D eigenvalue weighted by molar-refractivity contribution is 7.89. The SMILES string of the molecule is O=S(=O)(NC1CCN(c2ncnc3c2CCCC3)CC1)c1cc(Cl)ccc1Cl. The second kappa shape index (κ2) is 8.14. The fraction of sp³-hybridized carbons (Fsp3) is 0.474. The van der Waals surface area contributed by atoms with Crippen molar-refractivity contribution >= 4 is 39.0 Å². The molecule has 4 rings (SSSR count). The van der Waals surface area contributed by atoms with Gasteiger partial charge in [0.2, 0.25) is 10.0 Å². The van der Waals surface area contributed by atoms with Crippen LogP contribution < -0.4 is 9.62 Å². The molecule has 150 valence electrons. The first-order valence-electron chi connectivity index (χ1n) is 9.49. The highest BCUT2D eigenvalue weighted by Crippen LogP contribution is 2.30. The van der Waals surface area contributed by atoms with Gasteiger partial charge in [-0.15, -0.1) is 0 Å². The summed E-state index contributed by atoms with van der Waals surface area (Å²) >= 11 is 12.0. The molecule has 0 radical (unpaired) electrons. The fourth-order valence-corrected chi connectivity index (χ4v) is 6.02. The van der Waals surface area contributed by atoms with Crippen molar-refractivity contribution in [2.24, 2.45) is 0 Å². The summed E-state index contributed by atoms with van der Waals surface area (Å²) in [4.78, 5) is 11.2. The molecule has 0 atom stereocenters. The molecule has 28 heavy (non-hydrogen) atoms. The molecule has 1 saturated heterocycles. The minimum atomic E-state index is -3.72. The Kier molecular flexibility index (Phi) is 5.78. The monoisotopic (exact) mass is 440 g/mol. The molecule has 2 heterocycles. The number of hydrogen-bond acceptors (Lipinski definition) is 5. The van der Waals surface area contributed by atoms with E-state index >= 15 is 0 Å². The molecule has 1 aromatic heterocycles. The van der Waals surface area contributed by atoms with Crippen LogP contribution in [0.2, 0.25) is 10.0 Å². The van der Waals surface area contributed by atoms with Crippen LogP contribution in [-0.2, 0) is 22.9 Å². The number of benzene rings is 1. The van der Waals surface area contributed by atoms with Gasteiger partial charge in [0.15, 0.2) is 0 Å². The molecule has 2 aliphatic rings. The Labute approximate surface area is 175 Å². The van der Waals surface area contributed by atoms with Gasteiger partial charge in [-0.3, -0.25) is 0 Å². The number of aryl methyl sites for hydroxylation is 1. The molecule has 1 aromatic carbocycles. The number of rotatable bonds is 4. The number of sulfonamides is 1. The number of anilines is 1. The minimum Gasteiger partial charge on any atom is -0.356 e. The second-order valence-corrected chi connectivity index (χ2v) is 9.81. The lowest BCUT2D eigenvalue weighted by Gasteiger charge is -2.34. The smallest absolute Gasteiger partial charge is 0.242 e. The Balaban J connectivity index is 1.44. The standard InChI is InChI=1S/C19H22Cl2N4O2S/c20-13-5-6-16(21)18(11-13)28(26,27)24-14-7-9-25(10-8-14)19-15-3-1-2-4-17(15)22-12-23-19/h5-6,11-12,14,24H,1-4,7-10H2.